The molecule has 2 rings (SSSR count). The Hall–Kier alpha value is -3.37. The van der Waals surface area contributed by atoms with Crippen molar-refractivity contribution in [1.29, 1.82) is 5.26 Å². The Kier molecular flexibility index (Phi) is 7.55. The van der Waals surface area contributed by atoms with E-state index in [0.717, 1.165) is 0 Å². The standard InChI is InChI=1S/C20H17ClN2O5/c1-27-19(25)16-8-2-3-9-17(16)20(26)28-13-18(24)23(11-5-10-22)15-7-4-6-14(21)12-15/h2-4,6-9,12H,5,11,13H2,1H3. The predicted molar refractivity (Wildman–Crippen MR) is 102 cm³/mol. The molecule has 0 aliphatic carbocycles. The third-order valence-electron chi connectivity index (χ3n) is 3.75. The van der Waals surface area contributed by atoms with Crippen LogP contribution in [-0.4, -0.2) is 38.1 Å². The Labute approximate surface area is 167 Å². The number of nitriles is 1. The summed E-state index contributed by atoms with van der Waals surface area (Å²) in [5, 5.41) is 9.26. The summed E-state index contributed by atoms with van der Waals surface area (Å²) in [5.41, 5.74) is 0.519. The van der Waals surface area contributed by atoms with Gasteiger partial charge in [0.15, 0.2) is 6.61 Å². The highest BCUT2D eigenvalue weighted by molar-refractivity contribution is 6.30. The van der Waals surface area contributed by atoms with E-state index in [1.54, 1.807) is 36.4 Å². The van der Waals surface area contributed by atoms with Crippen LogP contribution in [0.2, 0.25) is 5.02 Å². The minimum absolute atomic E-state index is 0.00604. The molecule has 0 fully saturated rings. The molecule has 1 amide bonds. The second-order valence-electron chi connectivity index (χ2n) is 5.55. The van der Waals surface area contributed by atoms with Gasteiger partial charge in [0.25, 0.3) is 5.91 Å². The fourth-order valence-electron chi connectivity index (χ4n) is 2.44. The minimum Gasteiger partial charge on any atom is -0.465 e. The summed E-state index contributed by atoms with van der Waals surface area (Å²) in [6.45, 7) is -0.446. The van der Waals surface area contributed by atoms with Gasteiger partial charge in [-0.1, -0.05) is 29.8 Å². The van der Waals surface area contributed by atoms with E-state index in [4.69, 9.17) is 21.6 Å². The van der Waals surface area contributed by atoms with Crippen molar-refractivity contribution in [3.8, 4) is 6.07 Å². The number of nitrogens with zero attached hydrogens (tertiary/aromatic N) is 2. The van der Waals surface area contributed by atoms with Crippen LogP contribution in [0.1, 0.15) is 27.1 Å². The first-order chi connectivity index (χ1) is 13.5. The molecule has 0 atom stereocenters. The topological polar surface area (TPSA) is 96.7 Å². The number of rotatable bonds is 7. The molecule has 0 aromatic heterocycles. The molecule has 0 bridgehead atoms. The molecule has 0 aliphatic heterocycles. The lowest BCUT2D eigenvalue weighted by Crippen LogP contribution is -2.35. The third kappa shape index (κ3) is 5.32. The van der Waals surface area contributed by atoms with E-state index in [0.29, 0.717) is 10.7 Å². The number of carbonyl (C=O) groups is 3. The van der Waals surface area contributed by atoms with Gasteiger partial charge in [-0.2, -0.15) is 5.26 Å². The van der Waals surface area contributed by atoms with Gasteiger partial charge < -0.3 is 14.4 Å². The molecule has 7 nitrogen and oxygen atoms in total. The van der Waals surface area contributed by atoms with E-state index in [2.05, 4.69) is 4.74 Å². The van der Waals surface area contributed by atoms with Gasteiger partial charge in [-0.25, -0.2) is 9.59 Å². The predicted octanol–water partition coefficient (Wildman–Crippen LogP) is 3.23. The summed E-state index contributed by atoms with van der Waals surface area (Å²) in [4.78, 5) is 38.0. The smallest absolute Gasteiger partial charge is 0.339 e. The summed E-state index contributed by atoms with van der Waals surface area (Å²) >= 11 is 5.96. The molecule has 0 N–H and O–H groups in total. The zero-order valence-electron chi connectivity index (χ0n) is 15.1. The Bertz CT molecular complexity index is 923. The number of amides is 1. The summed E-state index contributed by atoms with van der Waals surface area (Å²) in [7, 11) is 1.20. The van der Waals surface area contributed by atoms with Gasteiger partial charge in [0.05, 0.1) is 30.7 Å². The maximum Gasteiger partial charge on any atom is 0.339 e. The number of carbonyl (C=O) groups excluding carboxylic acids is 3. The van der Waals surface area contributed by atoms with Crippen LogP contribution in [0.5, 0.6) is 0 Å². The van der Waals surface area contributed by atoms with Crippen molar-refractivity contribution < 1.29 is 23.9 Å². The van der Waals surface area contributed by atoms with Gasteiger partial charge in [-0.15, -0.1) is 0 Å². The van der Waals surface area contributed by atoms with Crippen molar-refractivity contribution in [1.82, 2.24) is 0 Å². The Morgan fingerprint density at radius 3 is 2.36 bits per heavy atom. The molecular formula is C20H17ClN2O5. The minimum atomic E-state index is -0.833. The van der Waals surface area contributed by atoms with E-state index >= 15 is 0 Å². The highest BCUT2D eigenvalue weighted by Crippen LogP contribution is 2.20. The lowest BCUT2D eigenvalue weighted by atomic mass is 10.1. The van der Waals surface area contributed by atoms with E-state index in [1.807, 2.05) is 6.07 Å². The number of hydrogen-bond donors (Lipinski definition) is 0. The third-order valence-corrected chi connectivity index (χ3v) is 3.98. The Morgan fingerprint density at radius 1 is 1.07 bits per heavy atom. The molecule has 2 aromatic rings. The van der Waals surface area contributed by atoms with E-state index in [-0.39, 0.29) is 24.1 Å². The lowest BCUT2D eigenvalue weighted by molar-refractivity contribution is -0.121. The number of ether oxygens (including phenoxy) is 2. The summed E-state index contributed by atoms with van der Waals surface area (Å²) in [6.07, 6.45) is 0.0946. The average Bonchev–Trinajstić information content (AvgIpc) is 2.71. The second-order valence-corrected chi connectivity index (χ2v) is 5.98. The van der Waals surface area contributed by atoms with Crippen LogP contribution < -0.4 is 4.90 Å². The molecule has 8 heteroatoms. The maximum absolute atomic E-state index is 12.6. The van der Waals surface area contributed by atoms with Crippen LogP contribution in [0, 0.1) is 11.3 Å². The van der Waals surface area contributed by atoms with Gasteiger partial charge in [0.1, 0.15) is 0 Å². The molecule has 0 saturated heterocycles. The van der Waals surface area contributed by atoms with Gasteiger partial charge in [0, 0.05) is 17.3 Å². The number of anilines is 1. The molecule has 0 spiro atoms. The zero-order valence-corrected chi connectivity index (χ0v) is 15.8. The van der Waals surface area contributed by atoms with E-state index in [9.17, 15) is 14.4 Å². The fraction of sp³-hybridized carbons (Fsp3) is 0.200. The highest BCUT2D eigenvalue weighted by Gasteiger charge is 2.21. The van der Waals surface area contributed by atoms with Crippen molar-refractivity contribution in [2.24, 2.45) is 0 Å². The molecule has 2 aromatic carbocycles. The fourth-order valence-corrected chi connectivity index (χ4v) is 2.62. The summed E-state index contributed by atoms with van der Waals surface area (Å²) < 4.78 is 9.72. The van der Waals surface area contributed by atoms with Crippen LogP contribution in [0.4, 0.5) is 5.69 Å². The van der Waals surface area contributed by atoms with Crippen LogP contribution in [0.15, 0.2) is 48.5 Å². The van der Waals surface area contributed by atoms with Crippen LogP contribution >= 0.6 is 11.6 Å². The van der Waals surface area contributed by atoms with Crippen LogP contribution in [0.25, 0.3) is 0 Å². The molecular weight excluding hydrogens is 384 g/mol. The number of halogens is 1. The van der Waals surface area contributed by atoms with E-state index < -0.39 is 24.5 Å². The van der Waals surface area contributed by atoms with Crippen molar-refractivity contribution in [2.75, 3.05) is 25.2 Å². The van der Waals surface area contributed by atoms with Crippen molar-refractivity contribution in [3.63, 3.8) is 0 Å². The number of benzene rings is 2. The number of esters is 2. The van der Waals surface area contributed by atoms with Gasteiger partial charge in [0.2, 0.25) is 0 Å². The molecule has 0 radical (unpaired) electrons. The first-order valence-corrected chi connectivity index (χ1v) is 8.63. The average molecular weight is 401 g/mol. The van der Waals surface area contributed by atoms with Crippen molar-refractivity contribution in [2.45, 2.75) is 6.42 Å². The molecule has 28 heavy (non-hydrogen) atoms. The normalized spacial score (nSPS) is 9.89. The molecule has 0 unspecified atom stereocenters. The maximum atomic E-state index is 12.6. The van der Waals surface area contributed by atoms with E-state index in [1.165, 1.54) is 24.1 Å². The largest absolute Gasteiger partial charge is 0.465 e. The zero-order chi connectivity index (χ0) is 20.5. The lowest BCUT2D eigenvalue weighted by Gasteiger charge is -2.22. The monoisotopic (exact) mass is 400 g/mol. The summed E-state index contributed by atoms with van der Waals surface area (Å²) in [5.74, 6) is -2.05. The van der Waals surface area contributed by atoms with Crippen LogP contribution in [-0.2, 0) is 14.3 Å². The first kappa shape index (κ1) is 20.9. The van der Waals surface area contributed by atoms with Gasteiger partial charge >= 0.3 is 11.9 Å². The SMILES string of the molecule is COC(=O)c1ccccc1C(=O)OCC(=O)N(CCC#N)c1cccc(Cl)c1. The number of hydrogen-bond acceptors (Lipinski definition) is 6. The summed E-state index contributed by atoms with van der Waals surface area (Å²) in [6, 6.07) is 14.5. The number of methoxy groups -OCH3 is 1. The molecule has 0 saturated carbocycles. The Morgan fingerprint density at radius 2 is 1.75 bits per heavy atom. The van der Waals surface area contributed by atoms with Gasteiger partial charge in [-0.3, -0.25) is 4.79 Å². The first-order valence-electron chi connectivity index (χ1n) is 8.25. The van der Waals surface area contributed by atoms with Crippen molar-refractivity contribution >= 4 is 35.1 Å². The van der Waals surface area contributed by atoms with Crippen molar-refractivity contribution in [3.05, 3.63) is 64.7 Å². The van der Waals surface area contributed by atoms with Crippen LogP contribution in [0.3, 0.4) is 0 Å². The molecule has 0 heterocycles. The second kappa shape index (κ2) is 10.1. The molecule has 144 valence electrons. The quantitative estimate of drug-likeness (QED) is 0.662. The Balaban J connectivity index is 2.13. The highest BCUT2D eigenvalue weighted by atomic mass is 35.5. The molecule has 0 aliphatic rings. The van der Waals surface area contributed by atoms with Gasteiger partial charge in [-0.05, 0) is 30.3 Å².